The van der Waals surface area contributed by atoms with Crippen molar-refractivity contribution in [1.29, 1.82) is 0 Å². The van der Waals surface area contributed by atoms with Gasteiger partial charge in [-0.1, -0.05) is 24.4 Å². The van der Waals surface area contributed by atoms with Crippen LogP contribution < -0.4 is 20.7 Å². The quantitative estimate of drug-likeness (QED) is 0.336. The summed E-state index contributed by atoms with van der Waals surface area (Å²) in [5, 5.41) is 8.61. The molecule has 0 bridgehead atoms. The van der Waals surface area contributed by atoms with Crippen molar-refractivity contribution in [2.45, 2.75) is 63.6 Å². The molecular formula is C26H32ClFN4O6. The topological polar surface area (TPSA) is 139 Å². The molecule has 0 spiro atoms. The van der Waals surface area contributed by atoms with Crippen LogP contribution in [-0.4, -0.2) is 60.5 Å². The van der Waals surface area contributed by atoms with Crippen molar-refractivity contribution in [3.8, 4) is 5.75 Å². The summed E-state index contributed by atoms with van der Waals surface area (Å²) in [4.78, 5) is 54.1. The molecule has 2 aliphatic rings. The van der Waals surface area contributed by atoms with Gasteiger partial charge in [0, 0.05) is 16.8 Å². The van der Waals surface area contributed by atoms with Gasteiger partial charge in [-0.25, -0.2) is 9.18 Å². The minimum absolute atomic E-state index is 0.0161. The van der Waals surface area contributed by atoms with E-state index in [0.29, 0.717) is 12.8 Å². The number of benzene rings is 1. The molecule has 1 aromatic carbocycles. The van der Waals surface area contributed by atoms with E-state index in [2.05, 4.69) is 20.9 Å². The zero-order chi connectivity index (χ0) is 27.8. The fourth-order valence-electron chi connectivity index (χ4n) is 4.98. The van der Waals surface area contributed by atoms with Crippen molar-refractivity contribution in [3.05, 3.63) is 28.7 Å². The summed E-state index contributed by atoms with van der Waals surface area (Å²) in [7, 11) is 2.59. The van der Waals surface area contributed by atoms with E-state index >= 15 is 0 Å². The standard InChI is InChI=1S/C26H32ClFN4O6/c1-26(2)11-13(22(33)32-26)8-19(25(36)38-4)31-23(34)17(7-12-5-6-12)30-24(35)18-9-14-20(29-18)16(28)10-15(27)21(14)37-3/h9-10,12-13,17,19,29H,5-8,11H2,1-4H3,(H,30,35)(H,31,34)(H,32,33)/t13-,17?,19?/m1/s1. The number of methoxy groups -OCH3 is 2. The smallest absolute Gasteiger partial charge is 0.328 e. The van der Waals surface area contributed by atoms with Crippen LogP contribution >= 0.6 is 11.6 Å². The minimum Gasteiger partial charge on any atom is -0.494 e. The molecule has 1 aliphatic heterocycles. The Balaban J connectivity index is 1.51. The van der Waals surface area contributed by atoms with Gasteiger partial charge in [0.15, 0.2) is 0 Å². The van der Waals surface area contributed by atoms with Gasteiger partial charge in [0.05, 0.1) is 24.8 Å². The molecule has 3 amide bonds. The molecule has 1 saturated carbocycles. The monoisotopic (exact) mass is 550 g/mol. The van der Waals surface area contributed by atoms with E-state index in [1.54, 1.807) is 0 Å². The molecule has 1 aliphatic carbocycles. The summed E-state index contributed by atoms with van der Waals surface area (Å²) in [6.45, 7) is 3.77. The highest BCUT2D eigenvalue weighted by Crippen LogP contribution is 2.36. The van der Waals surface area contributed by atoms with Gasteiger partial charge in [-0.3, -0.25) is 14.4 Å². The van der Waals surface area contributed by atoms with Gasteiger partial charge >= 0.3 is 5.97 Å². The number of aromatic amines is 1. The number of ether oxygens (including phenoxy) is 2. The molecule has 10 nitrogen and oxygen atoms in total. The molecule has 1 aromatic heterocycles. The lowest BCUT2D eigenvalue weighted by Gasteiger charge is -2.23. The van der Waals surface area contributed by atoms with Gasteiger partial charge in [0.2, 0.25) is 11.8 Å². The summed E-state index contributed by atoms with van der Waals surface area (Å²) in [6, 6.07) is 0.465. The molecule has 2 fully saturated rings. The fourth-order valence-corrected chi connectivity index (χ4v) is 5.26. The third-order valence-electron chi connectivity index (χ3n) is 7.02. The number of nitrogens with one attached hydrogen (secondary N) is 4. The highest BCUT2D eigenvalue weighted by molar-refractivity contribution is 6.33. The normalized spacial score (nSPS) is 19.9. The number of esters is 1. The highest BCUT2D eigenvalue weighted by Gasteiger charge is 2.41. The molecule has 4 N–H and O–H groups in total. The van der Waals surface area contributed by atoms with E-state index in [9.17, 15) is 23.6 Å². The number of amides is 3. The lowest BCUT2D eigenvalue weighted by molar-refractivity contribution is -0.146. The molecule has 12 heteroatoms. The first-order valence-electron chi connectivity index (χ1n) is 12.5. The van der Waals surface area contributed by atoms with Gasteiger partial charge in [-0.15, -0.1) is 0 Å². The van der Waals surface area contributed by atoms with Crippen LogP contribution in [0.5, 0.6) is 5.75 Å². The average Bonchev–Trinajstić information content (AvgIpc) is 3.48. The second-order valence-electron chi connectivity index (χ2n) is 10.6. The number of halogens is 2. The number of H-pyrrole nitrogens is 1. The minimum atomic E-state index is -1.07. The fraction of sp³-hybridized carbons (Fsp3) is 0.538. The maximum absolute atomic E-state index is 14.5. The molecule has 2 unspecified atom stereocenters. The Bertz CT molecular complexity index is 1270. The number of fused-ring (bicyclic) bond motifs is 1. The Hall–Kier alpha value is -3.34. The summed E-state index contributed by atoms with van der Waals surface area (Å²) in [5.41, 5.74) is -0.355. The van der Waals surface area contributed by atoms with E-state index in [-0.39, 0.29) is 45.6 Å². The SMILES string of the molecule is COC(=O)C(C[C@@H]1CC(C)(C)NC1=O)NC(=O)C(CC1CC1)NC(=O)c1cc2c(OC)c(Cl)cc(F)c2[nH]1. The van der Waals surface area contributed by atoms with E-state index in [0.717, 1.165) is 18.9 Å². The molecule has 3 atom stereocenters. The third-order valence-corrected chi connectivity index (χ3v) is 7.30. The van der Waals surface area contributed by atoms with Gasteiger partial charge in [0.1, 0.15) is 29.3 Å². The Labute approximate surface area is 224 Å². The molecule has 38 heavy (non-hydrogen) atoms. The van der Waals surface area contributed by atoms with Crippen LogP contribution in [0, 0.1) is 17.7 Å². The highest BCUT2D eigenvalue weighted by atomic mass is 35.5. The van der Waals surface area contributed by atoms with Crippen molar-refractivity contribution in [1.82, 2.24) is 20.9 Å². The lowest BCUT2D eigenvalue weighted by atomic mass is 9.91. The van der Waals surface area contributed by atoms with Crippen LogP contribution in [-0.2, 0) is 19.1 Å². The van der Waals surface area contributed by atoms with Crippen molar-refractivity contribution in [2.24, 2.45) is 11.8 Å². The second kappa shape index (κ2) is 10.8. The first-order chi connectivity index (χ1) is 17.9. The maximum atomic E-state index is 14.5. The number of carbonyl (C=O) groups is 4. The Kier molecular flexibility index (Phi) is 7.87. The summed E-state index contributed by atoms with van der Waals surface area (Å²) < 4.78 is 24.6. The van der Waals surface area contributed by atoms with Crippen molar-refractivity contribution >= 4 is 46.2 Å². The van der Waals surface area contributed by atoms with Crippen LogP contribution in [0.3, 0.4) is 0 Å². The van der Waals surface area contributed by atoms with Gasteiger partial charge in [-0.2, -0.15) is 0 Å². The first-order valence-corrected chi connectivity index (χ1v) is 12.9. The zero-order valence-corrected chi connectivity index (χ0v) is 22.5. The van der Waals surface area contributed by atoms with E-state index in [1.807, 2.05) is 13.8 Å². The van der Waals surface area contributed by atoms with E-state index < -0.39 is 47.1 Å². The van der Waals surface area contributed by atoms with E-state index in [1.165, 1.54) is 20.3 Å². The van der Waals surface area contributed by atoms with E-state index in [4.69, 9.17) is 21.1 Å². The molecule has 2 heterocycles. The van der Waals surface area contributed by atoms with Gasteiger partial charge in [0.25, 0.3) is 5.91 Å². The summed E-state index contributed by atoms with van der Waals surface area (Å²) >= 11 is 6.06. The predicted octanol–water partition coefficient (Wildman–Crippen LogP) is 2.83. The number of hydrogen-bond donors (Lipinski definition) is 4. The zero-order valence-electron chi connectivity index (χ0n) is 21.7. The van der Waals surface area contributed by atoms with Gasteiger partial charge < -0.3 is 30.4 Å². The van der Waals surface area contributed by atoms with Crippen molar-refractivity contribution in [3.63, 3.8) is 0 Å². The number of hydrogen-bond acceptors (Lipinski definition) is 6. The molecular weight excluding hydrogens is 519 g/mol. The van der Waals surface area contributed by atoms with Crippen LogP contribution in [0.25, 0.3) is 10.9 Å². The Morgan fingerprint density at radius 3 is 2.45 bits per heavy atom. The molecule has 4 rings (SSSR count). The number of rotatable bonds is 10. The first kappa shape index (κ1) is 27.7. The van der Waals surface area contributed by atoms with Crippen LogP contribution in [0.2, 0.25) is 5.02 Å². The largest absolute Gasteiger partial charge is 0.494 e. The van der Waals surface area contributed by atoms with Crippen molar-refractivity contribution in [2.75, 3.05) is 14.2 Å². The second-order valence-corrected chi connectivity index (χ2v) is 11.1. The number of carbonyl (C=O) groups excluding carboxylic acids is 4. The number of aromatic nitrogens is 1. The molecule has 206 valence electrons. The molecule has 1 saturated heterocycles. The third kappa shape index (κ3) is 6.03. The lowest BCUT2D eigenvalue weighted by Crippen LogP contribution is -2.52. The predicted molar refractivity (Wildman–Crippen MR) is 137 cm³/mol. The Morgan fingerprint density at radius 1 is 1.16 bits per heavy atom. The Morgan fingerprint density at radius 2 is 1.87 bits per heavy atom. The summed E-state index contributed by atoms with van der Waals surface area (Å²) in [6.07, 6.45) is 2.78. The van der Waals surface area contributed by atoms with Crippen LogP contribution in [0.1, 0.15) is 56.4 Å². The van der Waals surface area contributed by atoms with Crippen LogP contribution in [0.15, 0.2) is 12.1 Å². The van der Waals surface area contributed by atoms with Gasteiger partial charge in [-0.05, 0) is 51.2 Å². The molecule has 2 aromatic rings. The summed E-state index contributed by atoms with van der Waals surface area (Å²) in [5.74, 6) is -2.74. The van der Waals surface area contributed by atoms with Crippen LogP contribution in [0.4, 0.5) is 4.39 Å². The van der Waals surface area contributed by atoms with Crippen molar-refractivity contribution < 1.29 is 33.0 Å². The molecule has 0 radical (unpaired) electrons. The maximum Gasteiger partial charge on any atom is 0.328 e. The average molecular weight is 551 g/mol.